The van der Waals surface area contributed by atoms with Gasteiger partial charge in [-0.25, -0.2) is 0 Å². The highest BCUT2D eigenvalue weighted by Crippen LogP contribution is 2.67. The highest BCUT2D eigenvalue weighted by molar-refractivity contribution is 6.74. The van der Waals surface area contributed by atoms with Gasteiger partial charge in [-0.3, -0.25) is 9.59 Å². The maximum absolute atomic E-state index is 11.4. The van der Waals surface area contributed by atoms with Crippen molar-refractivity contribution in [2.75, 3.05) is 0 Å². The number of allylic oxidation sites excluding steroid dienone is 3. The highest BCUT2D eigenvalue weighted by atomic mass is 28.4. The van der Waals surface area contributed by atoms with Gasteiger partial charge in [0.05, 0.1) is 6.10 Å². The quantitative estimate of drug-likeness (QED) is 0.208. The molecule has 1 unspecified atom stereocenters. The van der Waals surface area contributed by atoms with Gasteiger partial charge in [-0.1, -0.05) is 79.9 Å². The van der Waals surface area contributed by atoms with Crippen LogP contribution in [0, 0.1) is 39.9 Å². The molecule has 0 amide bonds. The fourth-order valence-electron chi connectivity index (χ4n) is 9.47. The SMILES string of the molecule is C[C@H](CCCC(C(=O)O)C(=O)O)[C@H]1CC=C2C3=C(CC[C@@]21C)[C@@]1(C)C(O[Si](C)(C)C(C)(C)C)CCC(C)(C)[C@@H]1CC3. The van der Waals surface area contributed by atoms with E-state index < -0.39 is 26.2 Å². The van der Waals surface area contributed by atoms with E-state index in [0.29, 0.717) is 29.6 Å². The molecule has 0 bridgehead atoms. The number of aliphatic carboxylic acids is 2. The molecule has 0 saturated heterocycles. The van der Waals surface area contributed by atoms with Crippen molar-refractivity contribution in [3.05, 3.63) is 22.8 Å². The van der Waals surface area contributed by atoms with Crippen molar-refractivity contribution in [3.8, 4) is 0 Å². The van der Waals surface area contributed by atoms with Crippen LogP contribution in [0.2, 0.25) is 18.1 Å². The molecule has 1 fully saturated rings. The largest absolute Gasteiger partial charge is 0.481 e. The number of hydrogen-bond donors (Lipinski definition) is 2. The average Bonchev–Trinajstić information content (AvgIpc) is 3.19. The summed E-state index contributed by atoms with van der Waals surface area (Å²) in [6.45, 7) is 24.3. The Morgan fingerprint density at radius 3 is 2.24 bits per heavy atom. The molecule has 4 aliphatic carbocycles. The number of hydrogen-bond acceptors (Lipinski definition) is 3. The van der Waals surface area contributed by atoms with Crippen LogP contribution >= 0.6 is 0 Å². The molecular formula is C35H58O5Si. The molecule has 0 aromatic carbocycles. The Kier molecular flexibility index (Phi) is 8.68. The molecule has 41 heavy (non-hydrogen) atoms. The molecule has 6 atom stereocenters. The zero-order valence-corrected chi connectivity index (χ0v) is 28.7. The Morgan fingerprint density at radius 1 is 1.02 bits per heavy atom. The van der Waals surface area contributed by atoms with Crippen LogP contribution in [-0.2, 0) is 14.0 Å². The minimum absolute atomic E-state index is 0.0689. The van der Waals surface area contributed by atoms with E-state index in [1.54, 1.807) is 16.7 Å². The summed E-state index contributed by atoms with van der Waals surface area (Å²) in [5.74, 6) is -2.16. The van der Waals surface area contributed by atoms with Gasteiger partial charge in [0.1, 0.15) is 0 Å². The number of fused-ring (bicyclic) bond motifs is 4. The Labute approximate surface area is 250 Å². The molecule has 0 aromatic rings. The lowest BCUT2D eigenvalue weighted by Crippen LogP contribution is -2.58. The van der Waals surface area contributed by atoms with Crippen LogP contribution in [-0.4, -0.2) is 36.6 Å². The van der Waals surface area contributed by atoms with E-state index in [-0.39, 0.29) is 28.4 Å². The second kappa shape index (κ2) is 10.9. The minimum atomic E-state index is -1.93. The van der Waals surface area contributed by atoms with Gasteiger partial charge < -0.3 is 14.6 Å². The number of carbonyl (C=O) groups is 2. The van der Waals surface area contributed by atoms with Crippen LogP contribution in [0.5, 0.6) is 0 Å². The van der Waals surface area contributed by atoms with E-state index in [1.165, 1.54) is 19.3 Å². The van der Waals surface area contributed by atoms with Crippen LogP contribution in [0.15, 0.2) is 22.8 Å². The topological polar surface area (TPSA) is 83.8 Å². The summed E-state index contributed by atoms with van der Waals surface area (Å²) in [6, 6.07) is 0. The van der Waals surface area contributed by atoms with E-state index >= 15 is 0 Å². The first-order valence-electron chi connectivity index (χ1n) is 16.3. The van der Waals surface area contributed by atoms with Gasteiger partial charge in [0.2, 0.25) is 0 Å². The minimum Gasteiger partial charge on any atom is -0.481 e. The molecule has 1 saturated carbocycles. The van der Waals surface area contributed by atoms with E-state index in [9.17, 15) is 19.8 Å². The van der Waals surface area contributed by atoms with E-state index in [2.05, 4.69) is 74.6 Å². The summed E-state index contributed by atoms with van der Waals surface area (Å²) < 4.78 is 7.35. The first-order valence-corrected chi connectivity index (χ1v) is 19.2. The Morgan fingerprint density at radius 2 is 1.66 bits per heavy atom. The van der Waals surface area contributed by atoms with Crippen LogP contribution in [0.3, 0.4) is 0 Å². The van der Waals surface area contributed by atoms with E-state index in [0.717, 1.165) is 32.1 Å². The van der Waals surface area contributed by atoms with Crippen LogP contribution in [0.25, 0.3) is 0 Å². The van der Waals surface area contributed by atoms with Gasteiger partial charge >= 0.3 is 11.9 Å². The van der Waals surface area contributed by atoms with Crippen LogP contribution in [0.4, 0.5) is 0 Å². The molecule has 0 spiro atoms. The Balaban J connectivity index is 1.60. The summed E-state index contributed by atoms with van der Waals surface area (Å²) in [7, 11) is -1.93. The summed E-state index contributed by atoms with van der Waals surface area (Å²) in [5.41, 5.74) is 5.46. The fraction of sp³-hybridized carbons (Fsp3) is 0.829. The van der Waals surface area contributed by atoms with Crippen molar-refractivity contribution in [3.63, 3.8) is 0 Å². The van der Waals surface area contributed by atoms with Gasteiger partial charge in [0.25, 0.3) is 0 Å². The first-order chi connectivity index (χ1) is 18.8. The fourth-order valence-corrected chi connectivity index (χ4v) is 10.9. The predicted molar refractivity (Wildman–Crippen MR) is 168 cm³/mol. The average molecular weight is 587 g/mol. The predicted octanol–water partition coefficient (Wildman–Crippen LogP) is 9.25. The van der Waals surface area contributed by atoms with Crippen molar-refractivity contribution < 1.29 is 24.2 Å². The molecular weight excluding hydrogens is 528 g/mol. The zero-order chi connectivity index (χ0) is 30.8. The summed E-state index contributed by atoms with van der Waals surface area (Å²) in [5, 5.41) is 18.8. The number of carboxylic acids is 2. The van der Waals surface area contributed by atoms with Crippen LogP contribution < -0.4 is 0 Å². The summed E-state index contributed by atoms with van der Waals surface area (Å²) in [6.07, 6.45) is 12.7. The second-order valence-electron chi connectivity index (χ2n) is 16.7. The zero-order valence-electron chi connectivity index (χ0n) is 27.7. The molecule has 5 nitrogen and oxygen atoms in total. The Bertz CT molecular complexity index is 1100. The van der Waals surface area contributed by atoms with E-state index in [4.69, 9.17) is 4.43 Å². The molecule has 0 heterocycles. The molecule has 2 N–H and O–H groups in total. The summed E-state index contributed by atoms with van der Waals surface area (Å²) in [4.78, 5) is 22.7. The van der Waals surface area contributed by atoms with Gasteiger partial charge in [-0.2, -0.15) is 0 Å². The van der Waals surface area contributed by atoms with Crippen LogP contribution in [0.1, 0.15) is 120 Å². The van der Waals surface area contributed by atoms with Gasteiger partial charge in [0.15, 0.2) is 14.2 Å². The molecule has 4 aliphatic rings. The normalized spacial score (nSPS) is 34.0. The lowest BCUT2D eigenvalue weighted by Gasteiger charge is -2.62. The Hall–Kier alpha value is -1.40. The third kappa shape index (κ3) is 5.54. The van der Waals surface area contributed by atoms with E-state index in [1.807, 2.05) is 0 Å². The molecule has 0 radical (unpaired) electrons. The molecule has 0 aliphatic heterocycles. The van der Waals surface area contributed by atoms with Crippen molar-refractivity contribution in [2.45, 2.75) is 144 Å². The standard InChI is InChI=1S/C35H58O5Si/c1-22(12-11-13-24(30(36)37)31(38)39)25-15-16-26-23-14-17-28-33(5,6)20-19-29(40-41(9,10)32(2,3)4)35(28,8)27(23)18-21-34(25,26)7/h16,22,24-25,28-29H,11-15,17-21H2,1-10H3,(H,36,37)(H,38,39)/t22-,25-,28+,29?,34-,35-/m1/s1. The number of rotatable bonds is 9. The van der Waals surface area contributed by atoms with Crippen molar-refractivity contribution >= 4 is 20.3 Å². The second-order valence-corrected chi connectivity index (χ2v) is 21.5. The third-order valence-corrected chi connectivity index (χ3v) is 17.5. The maximum Gasteiger partial charge on any atom is 0.317 e. The van der Waals surface area contributed by atoms with Crippen molar-refractivity contribution in [2.24, 2.45) is 39.9 Å². The maximum atomic E-state index is 11.4. The lowest BCUT2D eigenvalue weighted by atomic mass is 9.46. The first kappa shape index (κ1) is 32.5. The van der Waals surface area contributed by atoms with Gasteiger partial charge in [-0.15, -0.1) is 0 Å². The van der Waals surface area contributed by atoms with Crippen molar-refractivity contribution in [1.82, 2.24) is 0 Å². The van der Waals surface area contributed by atoms with Gasteiger partial charge in [0, 0.05) is 5.41 Å². The molecule has 232 valence electrons. The lowest BCUT2D eigenvalue weighted by molar-refractivity contribution is -0.154. The monoisotopic (exact) mass is 586 g/mol. The number of carboxylic acid groups (broad SMARTS) is 2. The molecule has 0 aromatic heterocycles. The highest BCUT2D eigenvalue weighted by Gasteiger charge is 2.60. The van der Waals surface area contributed by atoms with Crippen molar-refractivity contribution in [1.29, 1.82) is 0 Å². The third-order valence-electron chi connectivity index (χ3n) is 13.0. The summed E-state index contributed by atoms with van der Waals surface area (Å²) >= 11 is 0. The molecule has 6 heteroatoms. The molecule has 4 rings (SSSR count). The smallest absolute Gasteiger partial charge is 0.317 e. The van der Waals surface area contributed by atoms with Gasteiger partial charge in [-0.05, 0) is 109 Å².